The average Bonchev–Trinajstić information content (AvgIpc) is 2.39. The van der Waals surface area contributed by atoms with E-state index in [4.69, 9.17) is 11.6 Å². The van der Waals surface area contributed by atoms with Crippen molar-refractivity contribution in [1.29, 1.82) is 0 Å². The van der Waals surface area contributed by atoms with Crippen LogP contribution >= 0.6 is 11.6 Å². The van der Waals surface area contributed by atoms with Gasteiger partial charge in [-0.2, -0.15) is 0 Å². The first-order valence-electron chi connectivity index (χ1n) is 6.11. The monoisotopic (exact) mass is 310 g/mol. The molecule has 1 atom stereocenters. The second-order valence-corrected chi connectivity index (χ2v) is 7.13. The highest BCUT2D eigenvalue weighted by Crippen LogP contribution is 2.21. The highest BCUT2D eigenvalue weighted by atomic mass is 35.5. The molecule has 1 unspecified atom stereocenters. The second kappa shape index (κ2) is 5.95. The molecule has 0 saturated heterocycles. The predicted molar refractivity (Wildman–Crippen MR) is 79.6 cm³/mol. The zero-order chi connectivity index (χ0) is 14.8. The summed E-state index contributed by atoms with van der Waals surface area (Å²) in [5.41, 5.74) is 1.65. The number of aliphatic hydroxyl groups excluding tert-OH is 1. The molecule has 0 aliphatic heterocycles. The Morgan fingerprint density at radius 2 is 1.60 bits per heavy atom. The van der Waals surface area contributed by atoms with Gasteiger partial charge in [-0.3, -0.25) is 0 Å². The Labute approximate surface area is 123 Å². The maximum absolute atomic E-state index is 12.2. The molecule has 0 aliphatic carbocycles. The van der Waals surface area contributed by atoms with Gasteiger partial charge in [-0.05, 0) is 36.8 Å². The van der Waals surface area contributed by atoms with Gasteiger partial charge in [0.2, 0.25) is 0 Å². The van der Waals surface area contributed by atoms with E-state index in [0.717, 1.165) is 5.56 Å². The number of benzene rings is 2. The summed E-state index contributed by atoms with van der Waals surface area (Å²) in [6, 6.07) is 13.1. The number of rotatable bonds is 4. The first kappa shape index (κ1) is 15.0. The molecule has 1 N–H and O–H groups in total. The van der Waals surface area contributed by atoms with Crippen molar-refractivity contribution in [2.75, 3.05) is 5.75 Å². The third kappa shape index (κ3) is 3.60. The number of hydrogen-bond acceptors (Lipinski definition) is 3. The van der Waals surface area contributed by atoms with Crippen LogP contribution in [0.15, 0.2) is 53.4 Å². The summed E-state index contributed by atoms with van der Waals surface area (Å²) in [6.45, 7) is 1.93. The fourth-order valence-electron chi connectivity index (χ4n) is 1.83. The minimum absolute atomic E-state index is 0.160. The minimum atomic E-state index is -3.54. The first-order chi connectivity index (χ1) is 9.38. The maximum atomic E-state index is 12.2. The molecule has 2 rings (SSSR count). The lowest BCUT2D eigenvalue weighted by molar-refractivity contribution is 0.201. The van der Waals surface area contributed by atoms with Crippen LogP contribution in [0.5, 0.6) is 0 Å². The van der Waals surface area contributed by atoms with E-state index in [1.165, 1.54) is 24.3 Å². The molecular formula is C15H15ClO3S. The van der Waals surface area contributed by atoms with Gasteiger partial charge in [-0.25, -0.2) is 8.42 Å². The van der Waals surface area contributed by atoms with Crippen molar-refractivity contribution in [3.63, 3.8) is 0 Å². The van der Waals surface area contributed by atoms with Crippen LogP contribution in [0.4, 0.5) is 0 Å². The summed E-state index contributed by atoms with van der Waals surface area (Å²) in [4.78, 5) is 0.160. The van der Waals surface area contributed by atoms with Crippen molar-refractivity contribution in [1.82, 2.24) is 0 Å². The van der Waals surface area contributed by atoms with Crippen molar-refractivity contribution in [3.8, 4) is 0 Å². The largest absolute Gasteiger partial charge is 0.387 e. The second-order valence-electron chi connectivity index (χ2n) is 4.66. The van der Waals surface area contributed by atoms with Gasteiger partial charge < -0.3 is 5.11 Å². The van der Waals surface area contributed by atoms with Gasteiger partial charge >= 0.3 is 0 Å². The Kier molecular flexibility index (Phi) is 4.48. The van der Waals surface area contributed by atoms with Crippen LogP contribution in [0.25, 0.3) is 0 Å². The Morgan fingerprint density at radius 1 is 1.05 bits per heavy atom. The van der Waals surface area contributed by atoms with Crippen LogP contribution < -0.4 is 0 Å². The quantitative estimate of drug-likeness (QED) is 0.943. The molecule has 0 fully saturated rings. The Bertz CT molecular complexity index is 676. The summed E-state index contributed by atoms with van der Waals surface area (Å²) in [7, 11) is -3.54. The Balaban J connectivity index is 2.19. The number of aliphatic hydroxyl groups is 1. The van der Waals surface area contributed by atoms with Crippen LogP contribution in [-0.4, -0.2) is 19.3 Å². The molecule has 2 aromatic rings. The lowest BCUT2D eigenvalue weighted by Crippen LogP contribution is -2.14. The lowest BCUT2D eigenvalue weighted by atomic mass is 10.1. The van der Waals surface area contributed by atoms with E-state index in [2.05, 4.69) is 0 Å². The number of sulfone groups is 1. The molecule has 0 bridgehead atoms. The third-order valence-electron chi connectivity index (χ3n) is 3.01. The van der Waals surface area contributed by atoms with Gasteiger partial charge in [0.1, 0.15) is 0 Å². The van der Waals surface area contributed by atoms with Gasteiger partial charge in [0, 0.05) is 5.02 Å². The predicted octanol–water partition coefficient (Wildman–Crippen LogP) is 3.16. The molecule has 0 amide bonds. The zero-order valence-corrected chi connectivity index (χ0v) is 12.5. The van der Waals surface area contributed by atoms with Gasteiger partial charge in [-0.15, -0.1) is 0 Å². The van der Waals surface area contributed by atoms with Crippen LogP contribution in [0.3, 0.4) is 0 Å². The molecular weight excluding hydrogens is 296 g/mol. The Hall–Kier alpha value is -1.36. The van der Waals surface area contributed by atoms with E-state index >= 15 is 0 Å². The number of halogens is 1. The molecule has 2 aromatic carbocycles. The summed E-state index contributed by atoms with van der Waals surface area (Å²) >= 11 is 5.73. The average molecular weight is 311 g/mol. The lowest BCUT2D eigenvalue weighted by Gasteiger charge is -2.12. The van der Waals surface area contributed by atoms with Gasteiger partial charge in [0.25, 0.3) is 0 Å². The fourth-order valence-corrected chi connectivity index (χ4v) is 3.31. The van der Waals surface area contributed by atoms with Crippen LogP contribution in [0.1, 0.15) is 17.2 Å². The van der Waals surface area contributed by atoms with E-state index < -0.39 is 15.9 Å². The normalized spacial score (nSPS) is 13.2. The molecule has 106 valence electrons. The Morgan fingerprint density at radius 3 is 2.15 bits per heavy atom. The van der Waals surface area contributed by atoms with Gasteiger partial charge in [-0.1, -0.05) is 41.4 Å². The van der Waals surface area contributed by atoms with E-state index in [1.54, 1.807) is 12.1 Å². The molecule has 0 spiro atoms. The molecule has 20 heavy (non-hydrogen) atoms. The summed E-state index contributed by atoms with van der Waals surface area (Å²) in [5, 5.41) is 10.5. The summed E-state index contributed by atoms with van der Waals surface area (Å²) in [5.74, 6) is -0.350. The van der Waals surface area contributed by atoms with Crippen LogP contribution in [0.2, 0.25) is 5.02 Å². The number of aryl methyl sites for hydroxylation is 1. The van der Waals surface area contributed by atoms with Crippen molar-refractivity contribution >= 4 is 21.4 Å². The van der Waals surface area contributed by atoms with E-state index in [1.807, 2.05) is 19.1 Å². The highest BCUT2D eigenvalue weighted by Gasteiger charge is 2.20. The minimum Gasteiger partial charge on any atom is -0.387 e. The molecule has 3 nitrogen and oxygen atoms in total. The zero-order valence-electron chi connectivity index (χ0n) is 11.0. The molecule has 0 aliphatic rings. The van der Waals surface area contributed by atoms with E-state index in [0.29, 0.717) is 10.6 Å². The first-order valence-corrected chi connectivity index (χ1v) is 8.14. The molecule has 0 heterocycles. The van der Waals surface area contributed by atoms with Crippen molar-refractivity contribution in [3.05, 3.63) is 64.7 Å². The van der Waals surface area contributed by atoms with Gasteiger partial charge in [0.05, 0.1) is 16.8 Å². The third-order valence-corrected chi connectivity index (χ3v) is 5.01. The van der Waals surface area contributed by atoms with E-state index in [-0.39, 0.29) is 10.6 Å². The smallest absolute Gasteiger partial charge is 0.181 e. The fraction of sp³-hybridized carbons (Fsp3) is 0.200. The summed E-state index contributed by atoms with van der Waals surface area (Å²) in [6.07, 6.45) is -1.05. The van der Waals surface area contributed by atoms with Gasteiger partial charge in [0.15, 0.2) is 9.84 Å². The SMILES string of the molecule is Cc1ccc(C(O)CS(=O)(=O)c2ccc(Cl)cc2)cc1. The maximum Gasteiger partial charge on any atom is 0.181 e. The topological polar surface area (TPSA) is 54.4 Å². The molecule has 0 radical (unpaired) electrons. The molecule has 0 saturated carbocycles. The molecule has 0 aromatic heterocycles. The van der Waals surface area contributed by atoms with Crippen LogP contribution in [-0.2, 0) is 9.84 Å². The molecule has 5 heteroatoms. The summed E-state index contributed by atoms with van der Waals surface area (Å²) < 4.78 is 24.4. The number of hydrogen-bond donors (Lipinski definition) is 1. The van der Waals surface area contributed by atoms with Crippen LogP contribution in [0, 0.1) is 6.92 Å². The van der Waals surface area contributed by atoms with Crippen molar-refractivity contribution in [2.24, 2.45) is 0 Å². The van der Waals surface area contributed by atoms with Crippen molar-refractivity contribution < 1.29 is 13.5 Å². The van der Waals surface area contributed by atoms with Crippen molar-refractivity contribution in [2.45, 2.75) is 17.9 Å². The standard InChI is InChI=1S/C15H15ClO3S/c1-11-2-4-12(5-3-11)15(17)10-20(18,19)14-8-6-13(16)7-9-14/h2-9,15,17H,10H2,1H3. The highest BCUT2D eigenvalue weighted by molar-refractivity contribution is 7.91. The van der Waals surface area contributed by atoms with E-state index in [9.17, 15) is 13.5 Å².